The van der Waals surface area contributed by atoms with Gasteiger partial charge in [0.2, 0.25) is 5.91 Å². The molecule has 0 aliphatic heterocycles. The molecule has 2 aromatic carbocycles. The average molecular weight is 360 g/mol. The average Bonchev–Trinajstić information content (AvgIpc) is 2.61. The molecule has 0 heterocycles. The van der Waals surface area contributed by atoms with Crippen molar-refractivity contribution < 1.29 is 9.59 Å². The maximum absolute atomic E-state index is 12.1. The van der Waals surface area contributed by atoms with Gasteiger partial charge in [-0.15, -0.1) is 0 Å². The van der Waals surface area contributed by atoms with E-state index in [1.54, 1.807) is 30.3 Å². The highest BCUT2D eigenvalue weighted by Gasteiger charge is 2.07. The Kier molecular flexibility index (Phi) is 6.83. The van der Waals surface area contributed by atoms with Crippen molar-refractivity contribution in [1.29, 1.82) is 0 Å². The van der Waals surface area contributed by atoms with Crippen LogP contribution in [-0.4, -0.2) is 24.9 Å². The van der Waals surface area contributed by atoms with Gasteiger partial charge in [0.05, 0.1) is 6.54 Å². The highest BCUT2D eigenvalue weighted by atomic mass is 35.5. The van der Waals surface area contributed by atoms with Crippen LogP contribution in [0.3, 0.4) is 0 Å². The molecule has 0 aromatic heterocycles. The van der Waals surface area contributed by atoms with E-state index in [2.05, 4.69) is 16.0 Å². The number of carbonyl (C=O) groups is 2. The van der Waals surface area contributed by atoms with E-state index in [4.69, 9.17) is 11.6 Å². The van der Waals surface area contributed by atoms with Crippen LogP contribution < -0.4 is 16.0 Å². The number of rotatable bonds is 7. The van der Waals surface area contributed by atoms with Crippen molar-refractivity contribution in [1.82, 2.24) is 5.32 Å². The summed E-state index contributed by atoms with van der Waals surface area (Å²) in [5.74, 6) is -0.291. The Balaban J connectivity index is 1.88. The van der Waals surface area contributed by atoms with E-state index in [0.29, 0.717) is 22.8 Å². The lowest BCUT2D eigenvalue weighted by Gasteiger charge is -2.11. The van der Waals surface area contributed by atoms with E-state index in [9.17, 15) is 9.59 Å². The fourth-order valence-corrected chi connectivity index (χ4v) is 2.40. The van der Waals surface area contributed by atoms with E-state index < -0.39 is 0 Å². The number of carbonyl (C=O) groups excluding carboxylic acids is 2. The molecular formula is C19H22ClN3O2. The Morgan fingerprint density at radius 3 is 2.48 bits per heavy atom. The predicted octanol–water partition coefficient (Wildman–Crippen LogP) is 3.84. The second kappa shape index (κ2) is 9.08. The number of hydrogen-bond donors (Lipinski definition) is 3. The lowest BCUT2D eigenvalue weighted by Crippen LogP contribution is -2.24. The van der Waals surface area contributed by atoms with Crippen LogP contribution in [0.15, 0.2) is 42.5 Å². The van der Waals surface area contributed by atoms with E-state index in [0.717, 1.165) is 17.7 Å². The second-order valence-electron chi connectivity index (χ2n) is 5.65. The summed E-state index contributed by atoms with van der Waals surface area (Å²) in [6.45, 7) is 4.66. The van der Waals surface area contributed by atoms with Crippen molar-refractivity contribution in [2.45, 2.75) is 20.3 Å². The van der Waals surface area contributed by atoms with Crippen molar-refractivity contribution in [3.8, 4) is 0 Å². The number of halogens is 1. The summed E-state index contributed by atoms with van der Waals surface area (Å²) in [7, 11) is 0. The summed E-state index contributed by atoms with van der Waals surface area (Å²) < 4.78 is 0. The minimum absolute atomic E-state index is 0.113. The smallest absolute Gasteiger partial charge is 0.251 e. The lowest BCUT2D eigenvalue weighted by molar-refractivity contribution is -0.114. The molecular weight excluding hydrogens is 338 g/mol. The quantitative estimate of drug-likeness (QED) is 0.703. The first-order valence-corrected chi connectivity index (χ1v) is 8.56. The van der Waals surface area contributed by atoms with Crippen LogP contribution in [0.4, 0.5) is 11.4 Å². The highest BCUT2D eigenvalue weighted by Crippen LogP contribution is 2.22. The molecule has 3 N–H and O–H groups in total. The topological polar surface area (TPSA) is 70.2 Å². The third-order valence-electron chi connectivity index (χ3n) is 3.67. The molecule has 0 unspecified atom stereocenters. The molecule has 0 spiro atoms. The van der Waals surface area contributed by atoms with Crippen molar-refractivity contribution in [2.75, 3.05) is 23.7 Å². The maximum Gasteiger partial charge on any atom is 0.251 e. The normalized spacial score (nSPS) is 10.2. The van der Waals surface area contributed by atoms with Crippen LogP contribution in [0.2, 0.25) is 5.02 Å². The van der Waals surface area contributed by atoms with Crippen LogP contribution in [0.25, 0.3) is 0 Å². The zero-order valence-corrected chi connectivity index (χ0v) is 15.1. The van der Waals surface area contributed by atoms with Crippen molar-refractivity contribution in [3.05, 3.63) is 58.6 Å². The molecule has 2 amide bonds. The summed E-state index contributed by atoms with van der Waals surface area (Å²) >= 11 is 6.06. The van der Waals surface area contributed by atoms with Crippen molar-refractivity contribution in [3.63, 3.8) is 0 Å². The summed E-state index contributed by atoms with van der Waals surface area (Å²) in [5, 5.41) is 9.32. The van der Waals surface area contributed by atoms with Crippen LogP contribution in [0.1, 0.15) is 29.3 Å². The minimum atomic E-state index is -0.178. The molecule has 25 heavy (non-hydrogen) atoms. The van der Waals surface area contributed by atoms with E-state index in [1.807, 2.05) is 26.0 Å². The number of benzene rings is 2. The van der Waals surface area contributed by atoms with E-state index in [1.165, 1.54) is 0 Å². The van der Waals surface area contributed by atoms with Gasteiger partial charge < -0.3 is 16.0 Å². The molecule has 0 saturated carbocycles. The van der Waals surface area contributed by atoms with E-state index >= 15 is 0 Å². The third kappa shape index (κ3) is 5.50. The third-order valence-corrected chi connectivity index (χ3v) is 4.08. The van der Waals surface area contributed by atoms with Gasteiger partial charge in [-0.3, -0.25) is 9.59 Å². The Morgan fingerprint density at radius 1 is 1.08 bits per heavy atom. The van der Waals surface area contributed by atoms with E-state index in [-0.39, 0.29) is 18.4 Å². The van der Waals surface area contributed by atoms with Crippen LogP contribution in [-0.2, 0) is 4.79 Å². The van der Waals surface area contributed by atoms with Crippen molar-refractivity contribution in [2.24, 2.45) is 0 Å². The molecule has 0 aliphatic carbocycles. The largest absolute Gasteiger partial charge is 0.376 e. The minimum Gasteiger partial charge on any atom is -0.376 e. The Hall–Kier alpha value is -2.53. The molecule has 2 aromatic rings. The Morgan fingerprint density at radius 2 is 1.80 bits per heavy atom. The summed E-state index contributed by atoms with van der Waals surface area (Å²) in [6.07, 6.45) is 0.888. The van der Waals surface area contributed by atoms with Gasteiger partial charge in [-0.25, -0.2) is 0 Å². The van der Waals surface area contributed by atoms with Gasteiger partial charge >= 0.3 is 0 Å². The van der Waals surface area contributed by atoms with Gasteiger partial charge in [-0.05, 0) is 55.3 Å². The molecule has 0 bridgehead atoms. The Labute approximate surface area is 152 Å². The highest BCUT2D eigenvalue weighted by molar-refractivity contribution is 6.31. The van der Waals surface area contributed by atoms with Gasteiger partial charge in [0.1, 0.15) is 0 Å². The SMILES string of the molecule is CCCNC(=O)c1ccc(NC(=O)CNc2cccc(Cl)c2C)cc1. The van der Waals surface area contributed by atoms with Crippen LogP contribution in [0.5, 0.6) is 0 Å². The van der Waals surface area contributed by atoms with Gasteiger partial charge in [0.15, 0.2) is 0 Å². The molecule has 6 heteroatoms. The molecule has 5 nitrogen and oxygen atoms in total. The number of nitrogens with one attached hydrogen (secondary N) is 3. The number of anilines is 2. The van der Waals surface area contributed by atoms with Crippen molar-refractivity contribution >= 4 is 34.8 Å². The molecule has 2 rings (SSSR count). The van der Waals surface area contributed by atoms with Crippen LogP contribution >= 0.6 is 11.6 Å². The fraction of sp³-hybridized carbons (Fsp3) is 0.263. The van der Waals surface area contributed by atoms with Gasteiger partial charge in [-0.1, -0.05) is 24.6 Å². The maximum atomic E-state index is 12.1. The fourth-order valence-electron chi connectivity index (χ4n) is 2.23. The first kappa shape index (κ1) is 18.8. The molecule has 0 radical (unpaired) electrons. The second-order valence-corrected chi connectivity index (χ2v) is 6.05. The standard InChI is InChI=1S/C19H22ClN3O2/c1-3-11-21-19(25)14-7-9-15(10-8-14)23-18(24)12-22-17-6-4-5-16(20)13(17)2/h4-10,22H,3,11-12H2,1-2H3,(H,21,25)(H,23,24). The molecule has 0 fully saturated rings. The predicted molar refractivity (Wildman–Crippen MR) is 102 cm³/mol. The zero-order valence-electron chi connectivity index (χ0n) is 14.4. The molecule has 0 atom stereocenters. The molecule has 0 aliphatic rings. The van der Waals surface area contributed by atoms with Gasteiger partial charge in [0.25, 0.3) is 5.91 Å². The first-order chi connectivity index (χ1) is 12.0. The molecule has 0 saturated heterocycles. The monoisotopic (exact) mass is 359 g/mol. The number of amides is 2. The summed E-state index contributed by atoms with van der Waals surface area (Å²) in [4.78, 5) is 23.9. The first-order valence-electron chi connectivity index (χ1n) is 8.18. The molecule has 132 valence electrons. The van der Waals surface area contributed by atoms with Gasteiger partial charge in [0, 0.05) is 28.5 Å². The van der Waals surface area contributed by atoms with Crippen LogP contribution in [0, 0.1) is 6.92 Å². The number of hydrogen-bond acceptors (Lipinski definition) is 3. The van der Waals surface area contributed by atoms with Gasteiger partial charge in [-0.2, -0.15) is 0 Å². The summed E-state index contributed by atoms with van der Waals surface area (Å²) in [6, 6.07) is 12.3. The zero-order chi connectivity index (χ0) is 18.2. The lowest BCUT2D eigenvalue weighted by atomic mass is 10.2. The Bertz CT molecular complexity index is 745. The summed E-state index contributed by atoms with van der Waals surface area (Å²) in [5.41, 5.74) is 2.94.